The molecule has 5 nitrogen and oxygen atoms in total. The maximum Gasteiger partial charge on any atom is 0.242 e. The highest BCUT2D eigenvalue weighted by Gasteiger charge is 2.57. The summed E-state index contributed by atoms with van der Waals surface area (Å²) in [5, 5.41) is 10.2. The van der Waals surface area contributed by atoms with Gasteiger partial charge < -0.3 is 20.5 Å². The average Bonchev–Trinajstić information content (AvgIpc) is 2.94. The van der Waals surface area contributed by atoms with Crippen LogP contribution in [0.1, 0.15) is 51.9 Å². The van der Waals surface area contributed by atoms with Crippen molar-refractivity contribution >= 4 is 5.91 Å². The predicted octanol–water partition coefficient (Wildman–Crippen LogP) is 1.04. The number of rotatable bonds is 3. The summed E-state index contributed by atoms with van der Waals surface area (Å²) in [5.41, 5.74) is 5.54. The van der Waals surface area contributed by atoms with Gasteiger partial charge in [-0.2, -0.15) is 0 Å². The van der Waals surface area contributed by atoms with Gasteiger partial charge in [-0.25, -0.2) is 0 Å². The number of carbonyl (C=O) groups is 1. The van der Waals surface area contributed by atoms with Crippen molar-refractivity contribution < 1.29 is 14.6 Å². The molecular weight excluding hydrogens is 268 g/mol. The van der Waals surface area contributed by atoms with Gasteiger partial charge in [-0.15, -0.1) is 0 Å². The highest BCUT2D eigenvalue weighted by Crippen LogP contribution is 2.51. The van der Waals surface area contributed by atoms with Crippen LogP contribution < -0.4 is 5.73 Å². The largest absolute Gasteiger partial charge is 0.392 e. The third-order valence-corrected chi connectivity index (χ3v) is 6.01. The standard InChI is InChI=1S/C16H28N2O3/c1-2-21-13-11-12(19)15(13)7-9-18(10-8-15)14(20)16(17)5-3-4-6-16/h12-13,19H,2-11,17H2,1H3/t12-,13+/m0/s1. The number of ether oxygens (including phenoxy) is 1. The zero-order chi connectivity index (χ0) is 15.1. The number of hydrogen-bond acceptors (Lipinski definition) is 4. The molecule has 3 aliphatic rings. The highest BCUT2D eigenvalue weighted by molar-refractivity contribution is 5.86. The van der Waals surface area contributed by atoms with Crippen LogP contribution in [0, 0.1) is 5.41 Å². The van der Waals surface area contributed by atoms with E-state index in [0.29, 0.717) is 19.7 Å². The molecular formula is C16H28N2O3. The van der Waals surface area contributed by atoms with Crippen molar-refractivity contribution in [2.75, 3.05) is 19.7 Å². The van der Waals surface area contributed by atoms with Gasteiger partial charge in [-0.05, 0) is 32.6 Å². The molecule has 0 aromatic heterocycles. The van der Waals surface area contributed by atoms with Crippen molar-refractivity contribution in [1.82, 2.24) is 4.90 Å². The van der Waals surface area contributed by atoms with Crippen LogP contribution in [-0.4, -0.2) is 53.4 Å². The smallest absolute Gasteiger partial charge is 0.242 e. The monoisotopic (exact) mass is 296 g/mol. The lowest BCUT2D eigenvalue weighted by molar-refractivity contribution is -0.210. The molecule has 1 spiro atoms. The van der Waals surface area contributed by atoms with Gasteiger partial charge in [0.15, 0.2) is 0 Å². The van der Waals surface area contributed by atoms with E-state index in [1.54, 1.807) is 0 Å². The zero-order valence-electron chi connectivity index (χ0n) is 13.0. The second kappa shape index (κ2) is 5.52. The number of nitrogens with zero attached hydrogens (tertiary/aromatic N) is 1. The Morgan fingerprint density at radius 1 is 1.29 bits per heavy atom. The fourth-order valence-electron chi connectivity index (χ4n) is 4.48. The molecule has 1 aliphatic heterocycles. The van der Waals surface area contributed by atoms with Crippen molar-refractivity contribution in [2.24, 2.45) is 11.1 Å². The Labute approximate surface area is 126 Å². The highest BCUT2D eigenvalue weighted by atomic mass is 16.5. The Bertz CT molecular complexity index is 396. The number of hydrogen-bond donors (Lipinski definition) is 2. The van der Waals surface area contributed by atoms with Crippen LogP contribution >= 0.6 is 0 Å². The van der Waals surface area contributed by atoms with Gasteiger partial charge in [-0.1, -0.05) is 12.8 Å². The molecule has 2 atom stereocenters. The van der Waals surface area contributed by atoms with E-state index in [1.807, 2.05) is 11.8 Å². The van der Waals surface area contributed by atoms with E-state index in [4.69, 9.17) is 10.5 Å². The van der Waals surface area contributed by atoms with Crippen molar-refractivity contribution in [1.29, 1.82) is 0 Å². The minimum atomic E-state index is -0.623. The summed E-state index contributed by atoms with van der Waals surface area (Å²) in [6.45, 7) is 4.10. The van der Waals surface area contributed by atoms with Gasteiger partial charge in [0, 0.05) is 31.5 Å². The Morgan fingerprint density at radius 3 is 2.43 bits per heavy atom. The lowest BCUT2D eigenvalue weighted by Crippen LogP contribution is -2.64. The molecule has 0 unspecified atom stereocenters. The van der Waals surface area contributed by atoms with Crippen LogP contribution in [0.5, 0.6) is 0 Å². The van der Waals surface area contributed by atoms with Gasteiger partial charge in [0.25, 0.3) is 0 Å². The molecule has 1 heterocycles. The van der Waals surface area contributed by atoms with E-state index < -0.39 is 5.54 Å². The number of carbonyl (C=O) groups excluding carboxylic acids is 1. The first-order valence-corrected chi connectivity index (χ1v) is 8.40. The first kappa shape index (κ1) is 15.3. The fraction of sp³-hybridized carbons (Fsp3) is 0.938. The number of aliphatic hydroxyl groups excluding tert-OH is 1. The Kier molecular flexibility index (Phi) is 4.01. The molecule has 2 aliphatic carbocycles. The first-order chi connectivity index (χ1) is 10.0. The quantitative estimate of drug-likeness (QED) is 0.816. The van der Waals surface area contributed by atoms with Crippen LogP contribution in [0.15, 0.2) is 0 Å². The molecule has 1 amide bonds. The summed E-state index contributed by atoms with van der Waals surface area (Å²) < 4.78 is 5.77. The summed E-state index contributed by atoms with van der Waals surface area (Å²) in [6.07, 6.45) is 6.05. The summed E-state index contributed by atoms with van der Waals surface area (Å²) in [7, 11) is 0. The molecule has 3 rings (SSSR count). The van der Waals surface area contributed by atoms with E-state index in [1.165, 1.54) is 0 Å². The Balaban J connectivity index is 1.61. The van der Waals surface area contributed by atoms with Crippen LogP contribution in [0.2, 0.25) is 0 Å². The van der Waals surface area contributed by atoms with Crippen LogP contribution in [-0.2, 0) is 9.53 Å². The molecule has 2 saturated carbocycles. The minimum absolute atomic E-state index is 0.121. The van der Waals surface area contributed by atoms with Crippen LogP contribution in [0.25, 0.3) is 0 Å². The number of nitrogens with two attached hydrogens (primary N) is 1. The predicted molar refractivity (Wildman–Crippen MR) is 79.7 cm³/mol. The van der Waals surface area contributed by atoms with Crippen LogP contribution in [0.4, 0.5) is 0 Å². The number of piperidine rings is 1. The van der Waals surface area contributed by atoms with Gasteiger partial charge in [0.05, 0.1) is 17.7 Å². The van der Waals surface area contributed by atoms with Gasteiger partial charge in [-0.3, -0.25) is 4.79 Å². The minimum Gasteiger partial charge on any atom is -0.392 e. The van der Waals surface area contributed by atoms with E-state index in [-0.39, 0.29) is 23.5 Å². The SMILES string of the molecule is CCO[C@@H]1C[C@H](O)C12CCN(C(=O)C1(N)CCCC1)CC2. The van der Waals surface area contributed by atoms with E-state index >= 15 is 0 Å². The lowest BCUT2D eigenvalue weighted by Gasteiger charge is -2.57. The lowest BCUT2D eigenvalue weighted by atomic mass is 9.58. The maximum atomic E-state index is 12.6. The van der Waals surface area contributed by atoms with E-state index in [9.17, 15) is 9.90 Å². The number of aliphatic hydroxyl groups is 1. The van der Waals surface area contributed by atoms with Gasteiger partial charge >= 0.3 is 0 Å². The fourth-order valence-corrected chi connectivity index (χ4v) is 4.48. The van der Waals surface area contributed by atoms with Crippen molar-refractivity contribution in [2.45, 2.75) is 69.6 Å². The molecule has 120 valence electrons. The molecule has 0 aromatic carbocycles. The Hall–Kier alpha value is -0.650. The molecule has 5 heteroatoms. The zero-order valence-corrected chi connectivity index (χ0v) is 13.0. The third-order valence-electron chi connectivity index (χ3n) is 6.01. The Morgan fingerprint density at radius 2 is 1.90 bits per heavy atom. The summed E-state index contributed by atoms with van der Waals surface area (Å²) >= 11 is 0. The van der Waals surface area contributed by atoms with Gasteiger partial charge in [0.1, 0.15) is 0 Å². The van der Waals surface area contributed by atoms with Gasteiger partial charge in [0.2, 0.25) is 5.91 Å². The molecule has 3 N–H and O–H groups in total. The summed E-state index contributed by atoms with van der Waals surface area (Å²) in [6, 6.07) is 0. The number of likely N-dealkylation sites (tertiary alicyclic amines) is 1. The van der Waals surface area contributed by atoms with Crippen molar-refractivity contribution in [3.8, 4) is 0 Å². The maximum absolute atomic E-state index is 12.6. The van der Waals surface area contributed by atoms with Crippen molar-refractivity contribution in [3.63, 3.8) is 0 Å². The molecule has 0 radical (unpaired) electrons. The van der Waals surface area contributed by atoms with Crippen LogP contribution in [0.3, 0.4) is 0 Å². The van der Waals surface area contributed by atoms with E-state index in [2.05, 4.69) is 0 Å². The second-order valence-electron chi connectivity index (χ2n) is 7.08. The third kappa shape index (κ3) is 2.39. The second-order valence-corrected chi connectivity index (χ2v) is 7.08. The normalized spacial score (nSPS) is 34.0. The summed E-state index contributed by atoms with van der Waals surface area (Å²) in [5.74, 6) is 0.122. The van der Waals surface area contributed by atoms with E-state index in [0.717, 1.165) is 44.9 Å². The molecule has 0 bridgehead atoms. The topological polar surface area (TPSA) is 75.8 Å². The summed E-state index contributed by atoms with van der Waals surface area (Å²) in [4.78, 5) is 14.6. The molecule has 0 aromatic rings. The van der Waals surface area contributed by atoms with Crippen molar-refractivity contribution in [3.05, 3.63) is 0 Å². The molecule has 3 fully saturated rings. The first-order valence-electron chi connectivity index (χ1n) is 8.40. The number of amides is 1. The molecule has 1 saturated heterocycles. The average molecular weight is 296 g/mol. The molecule has 21 heavy (non-hydrogen) atoms.